The van der Waals surface area contributed by atoms with Gasteiger partial charge < -0.3 is 10.8 Å². The van der Waals surface area contributed by atoms with E-state index < -0.39 is 23.6 Å². The van der Waals surface area contributed by atoms with Gasteiger partial charge in [-0.25, -0.2) is 4.39 Å². The number of halogens is 4. The Kier molecular flexibility index (Phi) is 4.47. The molecule has 0 aliphatic carbocycles. The molecule has 3 N–H and O–H groups in total. The highest BCUT2D eigenvalue weighted by Crippen LogP contribution is 2.33. The van der Waals surface area contributed by atoms with E-state index in [9.17, 15) is 17.6 Å². The van der Waals surface area contributed by atoms with Gasteiger partial charge in [-0.1, -0.05) is 6.07 Å². The van der Waals surface area contributed by atoms with Gasteiger partial charge in [-0.3, -0.25) is 0 Å². The molecular weight excluding hydrogens is 238 g/mol. The summed E-state index contributed by atoms with van der Waals surface area (Å²) in [4.78, 5) is 0. The van der Waals surface area contributed by atoms with Gasteiger partial charge in [0, 0.05) is 12.6 Å². The van der Waals surface area contributed by atoms with Crippen molar-refractivity contribution in [3.05, 3.63) is 35.1 Å². The minimum Gasteiger partial charge on any atom is -0.396 e. The highest BCUT2D eigenvalue weighted by Gasteiger charge is 2.34. The standard InChI is InChI=1S/C11H13F4NO/c12-9-4-3-7(10(16)2-1-5-17)6-8(9)11(13,14)15/h3-4,6,10,17H,1-2,5,16H2/t10-/m0/s1. The van der Waals surface area contributed by atoms with Crippen molar-refractivity contribution in [3.8, 4) is 0 Å². The lowest BCUT2D eigenvalue weighted by Crippen LogP contribution is -2.14. The zero-order valence-corrected chi connectivity index (χ0v) is 8.97. The van der Waals surface area contributed by atoms with E-state index >= 15 is 0 Å². The highest BCUT2D eigenvalue weighted by atomic mass is 19.4. The Morgan fingerprint density at radius 3 is 2.47 bits per heavy atom. The van der Waals surface area contributed by atoms with Gasteiger partial charge in [-0.05, 0) is 30.5 Å². The van der Waals surface area contributed by atoms with Gasteiger partial charge in [0.1, 0.15) is 5.82 Å². The van der Waals surface area contributed by atoms with Crippen molar-refractivity contribution in [2.75, 3.05) is 6.61 Å². The van der Waals surface area contributed by atoms with Crippen molar-refractivity contribution in [2.45, 2.75) is 25.1 Å². The quantitative estimate of drug-likeness (QED) is 0.808. The molecule has 0 heterocycles. The Hall–Kier alpha value is -1.14. The van der Waals surface area contributed by atoms with E-state index in [1.807, 2.05) is 0 Å². The molecule has 2 nitrogen and oxygen atoms in total. The molecule has 0 amide bonds. The number of aliphatic hydroxyl groups is 1. The van der Waals surface area contributed by atoms with Crippen LogP contribution in [0.3, 0.4) is 0 Å². The number of rotatable bonds is 4. The first-order valence-corrected chi connectivity index (χ1v) is 5.09. The largest absolute Gasteiger partial charge is 0.419 e. The minimum atomic E-state index is -4.73. The van der Waals surface area contributed by atoms with Gasteiger partial charge in [0.2, 0.25) is 0 Å². The first kappa shape index (κ1) is 13.9. The first-order valence-electron chi connectivity index (χ1n) is 5.09. The molecule has 1 rings (SSSR count). The van der Waals surface area contributed by atoms with Crippen LogP contribution < -0.4 is 5.73 Å². The minimum absolute atomic E-state index is 0.0823. The van der Waals surface area contributed by atoms with Gasteiger partial charge >= 0.3 is 6.18 Å². The fourth-order valence-corrected chi connectivity index (χ4v) is 1.47. The molecule has 0 saturated carbocycles. The van der Waals surface area contributed by atoms with E-state index in [0.717, 1.165) is 12.1 Å². The maximum Gasteiger partial charge on any atom is 0.419 e. The van der Waals surface area contributed by atoms with Crippen LogP contribution in [-0.4, -0.2) is 11.7 Å². The fraction of sp³-hybridized carbons (Fsp3) is 0.455. The number of hydrogen-bond donors (Lipinski definition) is 2. The van der Waals surface area contributed by atoms with Crippen LogP contribution in [0.5, 0.6) is 0 Å². The van der Waals surface area contributed by atoms with Crippen LogP contribution in [-0.2, 0) is 6.18 Å². The summed E-state index contributed by atoms with van der Waals surface area (Å²) >= 11 is 0. The Bertz CT molecular complexity index is 378. The zero-order chi connectivity index (χ0) is 13.1. The summed E-state index contributed by atoms with van der Waals surface area (Å²) in [7, 11) is 0. The number of benzene rings is 1. The van der Waals surface area contributed by atoms with Gasteiger partial charge in [0.05, 0.1) is 5.56 Å². The third-order valence-corrected chi connectivity index (χ3v) is 2.40. The van der Waals surface area contributed by atoms with E-state index in [-0.39, 0.29) is 12.2 Å². The van der Waals surface area contributed by atoms with Crippen molar-refractivity contribution < 1.29 is 22.7 Å². The summed E-state index contributed by atoms with van der Waals surface area (Å²) in [6.07, 6.45) is -3.99. The predicted molar refractivity (Wildman–Crippen MR) is 54.7 cm³/mol. The summed E-state index contributed by atoms with van der Waals surface area (Å²) in [5, 5.41) is 8.59. The van der Waals surface area contributed by atoms with Crippen LogP contribution in [0.4, 0.5) is 17.6 Å². The second-order valence-corrected chi connectivity index (χ2v) is 3.71. The second-order valence-electron chi connectivity index (χ2n) is 3.71. The van der Waals surface area contributed by atoms with Gasteiger partial charge in [-0.15, -0.1) is 0 Å². The van der Waals surface area contributed by atoms with E-state index in [1.54, 1.807) is 0 Å². The van der Waals surface area contributed by atoms with E-state index in [2.05, 4.69) is 0 Å². The molecule has 0 unspecified atom stereocenters. The SMILES string of the molecule is N[C@@H](CCCO)c1ccc(F)c(C(F)(F)F)c1. The molecule has 0 aromatic heterocycles. The number of alkyl halides is 3. The average Bonchev–Trinajstić information content (AvgIpc) is 2.25. The van der Waals surface area contributed by atoms with Crippen molar-refractivity contribution in [3.63, 3.8) is 0 Å². The average molecular weight is 251 g/mol. The van der Waals surface area contributed by atoms with E-state index in [0.29, 0.717) is 12.8 Å². The Morgan fingerprint density at radius 2 is 1.94 bits per heavy atom. The molecule has 0 bridgehead atoms. The van der Waals surface area contributed by atoms with Crippen LogP contribution in [0.1, 0.15) is 30.0 Å². The molecule has 0 saturated heterocycles. The molecule has 0 spiro atoms. The van der Waals surface area contributed by atoms with Crippen LogP contribution in [0.2, 0.25) is 0 Å². The molecule has 0 fully saturated rings. The Balaban J connectivity index is 2.96. The monoisotopic (exact) mass is 251 g/mol. The highest BCUT2D eigenvalue weighted by molar-refractivity contribution is 5.29. The van der Waals surface area contributed by atoms with Crippen molar-refractivity contribution in [1.82, 2.24) is 0 Å². The number of hydrogen-bond acceptors (Lipinski definition) is 2. The number of nitrogens with two attached hydrogens (primary N) is 1. The predicted octanol–water partition coefficient (Wildman–Crippen LogP) is 2.62. The summed E-state index contributed by atoms with van der Waals surface area (Å²) < 4.78 is 50.3. The zero-order valence-electron chi connectivity index (χ0n) is 8.97. The molecule has 17 heavy (non-hydrogen) atoms. The second kappa shape index (κ2) is 5.46. The summed E-state index contributed by atoms with van der Waals surface area (Å²) in [6.45, 7) is -0.0823. The lowest BCUT2D eigenvalue weighted by molar-refractivity contribution is -0.140. The molecule has 1 aromatic carbocycles. The molecule has 0 radical (unpaired) electrons. The molecule has 96 valence electrons. The fourth-order valence-electron chi connectivity index (χ4n) is 1.47. The maximum absolute atomic E-state index is 13.0. The molecular formula is C11H13F4NO. The molecule has 0 aliphatic heterocycles. The number of aliphatic hydroxyl groups excluding tert-OH is 1. The topological polar surface area (TPSA) is 46.2 Å². The Labute approximate surface area is 96.1 Å². The molecule has 1 aromatic rings. The van der Waals surface area contributed by atoms with Crippen molar-refractivity contribution in [1.29, 1.82) is 0 Å². The van der Waals surface area contributed by atoms with Gasteiger partial charge in [0.15, 0.2) is 0 Å². The third kappa shape index (κ3) is 3.67. The molecule has 0 aliphatic rings. The van der Waals surface area contributed by atoms with E-state index in [4.69, 9.17) is 10.8 Å². The molecule has 6 heteroatoms. The van der Waals surface area contributed by atoms with E-state index in [1.165, 1.54) is 6.07 Å². The van der Waals surface area contributed by atoms with Gasteiger partial charge in [0.25, 0.3) is 0 Å². The van der Waals surface area contributed by atoms with Crippen LogP contribution in [0.25, 0.3) is 0 Å². The summed E-state index contributed by atoms with van der Waals surface area (Å²) in [5.74, 6) is -1.31. The summed E-state index contributed by atoms with van der Waals surface area (Å²) in [5.41, 5.74) is 4.55. The van der Waals surface area contributed by atoms with Gasteiger partial charge in [-0.2, -0.15) is 13.2 Å². The lowest BCUT2D eigenvalue weighted by Gasteiger charge is -2.14. The maximum atomic E-state index is 13.0. The van der Waals surface area contributed by atoms with Crippen LogP contribution in [0, 0.1) is 5.82 Å². The smallest absolute Gasteiger partial charge is 0.396 e. The molecule has 1 atom stereocenters. The van der Waals surface area contributed by atoms with Crippen LogP contribution >= 0.6 is 0 Å². The Morgan fingerprint density at radius 1 is 1.29 bits per heavy atom. The van der Waals surface area contributed by atoms with Crippen molar-refractivity contribution >= 4 is 0 Å². The first-order chi connectivity index (χ1) is 7.86. The summed E-state index contributed by atoms with van der Waals surface area (Å²) in [6, 6.07) is 2.07. The normalized spacial score (nSPS) is 13.8. The third-order valence-electron chi connectivity index (χ3n) is 2.40. The van der Waals surface area contributed by atoms with Crippen molar-refractivity contribution in [2.24, 2.45) is 5.73 Å². The van der Waals surface area contributed by atoms with Crippen LogP contribution in [0.15, 0.2) is 18.2 Å². The lowest BCUT2D eigenvalue weighted by atomic mass is 10.0.